The smallest absolute Gasteiger partial charge is 0.137 e. The number of nitrogens with one attached hydrogen (secondary N) is 2. The van der Waals surface area contributed by atoms with Crippen molar-refractivity contribution in [3.8, 4) is 0 Å². The summed E-state index contributed by atoms with van der Waals surface area (Å²) in [6, 6.07) is 8.85. The van der Waals surface area contributed by atoms with E-state index in [0.29, 0.717) is 6.04 Å². The number of aromatic amines is 1. The van der Waals surface area contributed by atoms with Crippen molar-refractivity contribution in [3.63, 3.8) is 0 Å². The summed E-state index contributed by atoms with van der Waals surface area (Å²) in [6.07, 6.45) is 9.89. The van der Waals surface area contributed by atoms with E-state index in [4.69, 9.17) is 0 Å². The van der Waals surface area contributed by atoms with Gasteiger partial charge in [0, 0.05) is 55.8 Å². The van der Waals surface area contributed by atoms with Crippen molar-refractivity contribution >= 4 is 16.7 Å². The molecular formula is C18H21N5. The number of hydrogen-bond acceptors (Lipinski definition) is 4. The summed E-state index contributed by atoms with van der Waals surface area (Å²) in [5, 5.41) is 4.83. The molecule has 118 valence electrons. The molecule has 3 aromatic heterocycles. The average molecular weight is 307 g/mol. The second-order valence-corrected chi connectivity index (χ2v) is 6.15. The fourth-order valence-electron chi connectivity index (χ4n) is 3.32. The Labute approximate surface area is 135 Å². The molecule has 0 aromatic carbocycles. The normalized spacial score (nSPS) is 16.7. The maximum Gasteiger partial charge on any atom is 0.137 e. The van der Waals surface area contributed by atoms with Crippen LogP contribution in [0.3, 0.4) is 0 Å². The number of rotatable bonds is 4. The Bertz CT molecular complexity index is 759. The van der Waals surface area contributed by atoms with Crippen LogP contribution < -0.4 is 5.32 Å². The number of piperidine rings is 1. The first-order valence-corrected chi connectivity index (χ1v) is 8.18. The van der Waals surface area contributed by atoms with Gasteiger partial charge in [-0.05, 0) is 42.7 Å². The number of pyridine rings is 2. The summed E-state index contributed by atoms with van der Waals surface area (Å²) in [4.78, 5) is 14.2. The lowest BCUT2D eigenvalue weighted by Crippen LogP contribution is -2.38. The third-order valence-corrected chi connectivity index (χ3v) is 4.56. The zero-order valence-electron chi connectivity index (χ0n) is 13.1. The van der Waals surface area contributed by atoms with E-state index in [9.17, 15) is 0 Å². The van der Waals surface area contributed by atoms with Gasteiger partial charge < -0.3 is 10.3 Å². The minimum Gasteiger partial charge on any atom is -0.381 e. The van der Waals surface area contributed by atoms with Gasteiger partial charge in [-0.25, -0.2) is 4.98 Å². The number of hydrogen-bond donors (Lipinski definition) is 2. The van der Waals surface area contributed by atoms with Crippen molar-refractivity contribution in [3.05, 3.63) is 54.6 Å². The van der Waals surface area contributed by atoms with Gasteiger partial charge in [0.1, 0.15) is 5.65 Å². The summed E-state index contributed by atoms with van der Waals surface area (Å²) in [7, 11) is 0. The van der Waals surface area contributed by atoms with Crippen LogP contribution in [-0.4, -0.2) is 39.0 Å². The molecule has 1 fully saturated rings. The molecule has 1 aliphatic rings. The van der Waals surface area contributed by atoms with Crippen LogP contribution in [0.15, 0.2) is 49.1 Å². The third kappa shape index (κ3) is 3.19. The summed E-state index contributed by atoms with van der Waals surface area (Å²) < 4.78 is 0. The number of anilines is 1. The highest BCUT2D eigenvalue weighted by Crippen LogP contribution is 2.21. The lowest BCUT2D eigenvalue weighted by atomic mass is 10.0. The lowest BCUT2D eigenvalue weighted by molar-refractivity contribution is 0.212. The van der Waals surface area contributed by atoms with E-state index in [1.165, 1.54) is 10.9 Å². The fraction of sp³-hybridized carbons (Fsp3) is 0.333. The highest BCUT2D eigenvalue weighted by Gasteiger charge is 2.19. The van der Waals surface area contributed by atoms with Crippen LogP contribution in [-0.2, 0) is 6.54 Å². The minimum atomic E-state index is 0.542. The van der Waals surface area contributed by atoms with E-state index in [2.05, 4.69) is 43.4 Å². The van der Waals surface area contributed by atoms with Crippen molar-refractivity contribution in [2.24, 2.45) is 0 Å². The Morgan fingerprint density at radius 1 is 1.17 bits per heavy atom. The maximum atomic E-state index is 4.36. The van der Waals surface area contributed by atoms with Crippen molar-refractivity contribution in [1.82, 2.24) is 19.9 Å². The highest BCUT2D eigenvalue weighted by atomic mass is 15.1. The van der Waals surface area contributed by atoms with Gasteiger partial charge in [0.05, 0.1) is 5.69 Å². The Morgan fingerprint density at radius 3 is 2.91 bits per heavy atom. The van der Waals surface area contributed by atoms with Gasteiger partial charge in [0.2, 0.25) is 0 Å². The Hall–Kier alpha value is -2.40. The Kier molecular flexibility index (Phi) is 3.94. The molecule has 5 nitrogen and oxygen atoms in total. The highest BCUT2D eigenvalue weighted by molar-refractivity contribution is 5.79. The van der Waals surface area contributed by atoms with Crippen LogP contribution in [0, 0.1) is 0 Å². The van der Waals surface area contributed by atoms with Gasteiger partial charge in [-0.15, -0.1) is 0 Å². The van der Waals surface area contributed by atoms with Gasteiger partial charge in [-0.1, -0.05) is 0 Å². The molecule has 4 heterocycles. The molecule has 3 aromatic rings. The van der Waals surface area contributed by atoms with Crippen LogP contribution in [0.2, 0.25) is 0 Å². The molecule has 1 saturated heterocycles. The fourth-order valence-corrected chi connectivity index (χ4v) is 3.32. The second kappa shape index (κ2) is 6.38. The average Bonchev–Trinajstić information content (AvgIpc) is 3.07. The number of nitrogens with zero attached hydrogens (tertiary/aromatic N) is 3. The molecule has 4 rings (SSSR count). The maximum absolute atomic E-state index is 4.36. The standard InChI is InChI=1S/C18H21N5/c1-2-16(12-19-7-1)22-15-5-10-23(11-6-15)13-14-3-8-20-18-17(14)4-9-21-18/h1-4,7-9,12,15,22H,5-6,10-11,13H2,(H,20,21). The monoisotopic (exact) mass is 307 g/mol. The van der Waals surface area contributed by atoms with E-state index in [-0.39, 0.29) is 0 Å². The van der Waals surface area contributed by atoms with Gasteiger partial charge in [0.15, 0.2) is 0 Å². The third-order valence-electron chi connectivity index (χ3n) is 4.56. The summed E-state index contributed by atoms with van der Waals surface area (Å²) in [5.41, 5.74) is 3.46. The Balaban J connectivity index is 1.36. The zero-order chi connectivity index (χ0) is 15.5. The van der Waals surface area contributed by atoms with Gasteiger partial charge in [-0.2, -0.15) is 0 Å². The molecule has 23 heavy (non-hydrogen) atoms. The first-order chi connectivity index (χ1) is 11.4. The van der Waals surface area contributed by atoms with Gasteiger partial charge >= 0.3 is 0 Å². The van der Waals surface area contributed by atoms with Gasteiger partial charge in [0.25, 0.3) is 0 Å². The summed E-state index contributed by atoms with van der Waals surface area (Å²) in [5.74, 6) is 0. The summed E-state index contributed by atoms with van der Waals surface area (Å²) >= 11 is 0. The predicted molar refractivity (Wildman–Crippen MR) is 92.3 cm³/mol. The van der Waals surface area contributed by atoms with Crippen LogP contribution >= 0.6 is 0 Å². The van der Waals surface area contributed by atoms with E-state index in [1.54, 1.807) is 0 Å². The molecule has 1 aliphatic heterocycles. The minimum absolute atomic E-state index is 0.542. The first-order valence-electron chi connectivity index (χ1n) is 8.18. The zero-order valence-corrected chi connectivity index (χ0v) is 13.1. The first kappa shape index (κ1) is 14.2. The predicted octanol–water partition coefficient (Wildman–Crippen LogP) is 3.03. The van der Waals surface area contributed by atoms with Crippen molar-refractivity contribution in [1.29, 1.82) is 0 Å². The number of fused-ring (bicyclic) bond motifs is 1. The van der Waals surface area contributed by atoms with E-state index in [0.717, 1.165) is 43.8 Å². The van der Waals surface area contributed by atoms with E-state index >= 15 is 0 Å². The molecule has 5 heteroatoms. The van der Waals surface area contributed by atoms with Crippen molar-refractivity contribution in [2.75, 3.05) is 18.4 Å². The molecule has 2 N–H and O–H groups in total. The molecule has 0 radical (unpaired) electrons. The quantitative estimate of drug-likeness (QED) is 0.778. The molecular weight excluding hydrogens is 286 g/mol. The molecule has 0 spiro atoms. The molecule has 0 saturated carbocycles. The van der Waals surface area contributed by atoms with Crippen LogP contribution in [0.1, 0.15) is 18.4 Å². The number of aromatic nitrogens is 3. The SMILES string of the molecule is c1cncc(NC2CCN(Cc3ccnc4[nH]ccc34)CC2)c1. The number of H-pyrrole nitrogens is 1. The largest absolute Gasteiger partial charge is 0.381 e. The molecule has 0 bridgehead atoms. The molecule has 0 unspecified atom stereocenters. The van der Waals surface area contributed by atoms with Crippen LogP contribution in [0.25, 0.3) is 11.0 Å². The molecule has 0 amide bonds. The Morgan fingerprint density at radius 2 is 2.09 bits per heavy atom. The second-order valence-electron chi connectivity index (χ2n) is 6.15. The summed E-state index contributed by atoms with van der Waals surface area (Å²) in [6.45, 7) is 3.23. The van der Waals surface area contributed by atoms with Crippen molar-refractivity contribution in [2.45, 2.75) is 25.4 Å². The van der Waals surface area contributed by atoms with E-state index in [1.807, 2.05) is 30.9 Å². The lowest BCUT2D eigenvalue weighted by Gasteiger charge is -2.32. The van der Waals surface area contributed by atoms with Crippen molar-refractivity contribution < 1.29 is 0 Å². The van der Waals surface area contributed by atoms with Crippen LogP contribution in [0.5, 0.6) is 0 Å². The molecule has 0 aliphatic carbocycles. The topological polar surface area (TPSA) is 56.8 Å². The van der Waals surface area contributed by atoms with Gasteiger partial charge in [-0.3, -0.25) is 9.88 Å². The molecule has 0 atom stereocenters. The van der Waals surface area contributed by atoms with E-state index < -0.39 is 0 Å². The van der Waals surface area contributed by atoms with Crippen LogP contribution in [0.4, 0.5) is 5.69 Å². The number of likely N-dealkylation sites (tertiary alicyclic amines) is 1.